The smallest absolute Gasteiger partial charge is 0.0250 e. The normalized spacial score (nSPS) is 13.3. The fraction of sp³-hybridized carbons (Fsp3) is 0.400. The van der Waals surface area contributed by atoms with Gasteiger partial charge < -0.3 is 0 Å². The topological polar surface area (TPSA) is 29.3 Å². The Hall–Kier alpha value is -0.860. The van der Waals surface area contributed by atoms with Gasteiger partial charge in [0.25, 0.3) is 0 Å². The van der Waals surface area contributed by atoms with Gasteiger partial charge in [-0.05, 0) is 18.9 Å². The van der Waals surface area contributed by atoms with Crippen LogP contribution in [0.25, 0.3) is 0 Å². The maximum absolute atomic E-state index is 5.62. The largest absolute Gasteiger partial charge is 0.269 e. The van der Waals surface area contributed by atoms with Crippen molar-refractivity contribution in [3.8, 4) is 0 Å². The SMILES string of the molecule is CC(Cc1ccccc1)N(C)N. The van der Waals surface area contributed by atoms with E-state index in [0.717, 1.165) is 6.42 Å². The van der Waals surface area contributed by atoms with Crippen LogP contribution < -0.4 is 5.84 Å². The average molecular weight is 164 g/mol. The van der Waals surface area contributed by atoms with Crippen molar-refractivity contribution in [2.75, 3.05) is 7.05 Å². The van der Waals surface area contributed by atoms with Crippen LogP contribution in [0.2, 0.25) is 0 Å². The van der Waals surface area contributed by atoms with E-state index >= 15 is 0 Å². The molecule has 0 amide bonds. The molecule has 1 atom stereocenters. The third-order valence-corrected chi connectivity index (χ3v) is 2.07. The standard InChI is InChI=1S/C10H16N2/c1-9(12(2)11)8-10-6-4-3-5-7-10/h3-7,9H,8,11H2,1-2H3. The van der Waals surface area contributed by atoms with Gasteiger partial charge in [-0.25, -0.2) is 5.01 Å². The van der Waals surface area contributed by atoms with E-state index in [0.29, 0.717) is 6.04 Å². The Balaban J connectivity index is 2.53. The summed E-state index contributed by atoms with van der Waals surface area (Å²) in [5.74, 6) is 5.62. The van der Waals surface area contributed by atoms with Crippen LogP contribution in [0.15, 0.2) is 30.3 Å². The van der Waals surface area contributed by atoms with Crippen molar-refractivity contribution in [2.24, 2.45) is 5.84 Å². The average Bonchev–Trinajstić information content (AvgIpc) is 2.06. The molecule has 1 aromatic rings. The predicted octanol–water partition coefficient (Wildman–Crippen LogP) is 1.42. The van der Waals surface area contributed by atoms with E-state index in [-0.39, 0.29) is 0 Å². The lowest BCUT2D eigenvalue weighted by Gasteiger charge is -2.18. The Morgan fingerprint density at radius 3 is 2.42 bits per heavy atom. The zero-order chi connectivity index (χ0) is 8.97. The van der Waals surface area contributed by atoms with Crippen LogP contribution in [-0.4, -0.2) is 18.1 Å². The van der Waals surface area contributed by atoms with Gasteiger partial charge in [0, 0.05) is 13.1 Å². The first-order valence-corrected chi connectivity index (χ1v) is 4.21. The van der Waals surface area contributed by atoms with Gasteiger partial charge in [-0.15, -0.1) is 0 Å². The molecule has 1 aromatic carbocycles. The number of hydrogen-bond donors (Lipinski definition) is 1. The summed E-state index contributed by atoms with van der Waals surface area (Å²) in [6, 6.07) is 10.8. The van der Waals surface area contributed by atoms with Gasteiger partial charge in [-0.1, -0.05) is 30.3 Å². The molecule has 66 valence electrons. The zero-order valence-corrected chi connectivity index (χ0v) is 7.70. The van der Waals surface area contributed by atoms with E-state index in [1.165, 1.54) is 5.56 Å². The van der Waals surface area contributed by atoms with Crippen LogP contribution in [0.1, 0.15) is 12.5 Å². The second kappa shape index (κ2) is 4.24. The Kier molecular flexibility index (Phi) is 3.26. The maximum Gasteiger partial charge on any atom is 0.0250 e. The first kappa shape index (κ1) is 9.23. The number of benzene rings is 1. The number of hydrazine groups is 1. The molecule has 0 aliphatic heterocycles. The molecule has 0 aliphatic carbocycles. The molecule has 0 bridgehead atoms. The van der Waals surface area contributed by atoms with Crippen LogP contribution in [0, 0.1) is 0 Å². The van der Waals surface area contributed by atoms with Gasteiger partial charge >= 0.3 is 0 Å². The Labute approximate surface area is 74.0 Å². The second-order valence-electron chi connectivity index (χ2n) is 3.20. The van der Waals surface area contributed by atoms with Crippen molar-refractivity contribution in [2.45, 2.75) is 19.4 Å². The maximum atomic E-state index is 5.62. The summed E-state index contributed by atoms with van der Waals surface area (Å²) in [7, 11) is 1.90. The molecule has 0 heterocycles. The fourth-order valence-corrected chi connectivity index (χ4v) is 1.10. The van der Waals surface area contributed by atoms with Crippen LogP contribution in [0.4, 0.5) is 0 Å². The molecule has 0 saturated heterocycles. The molecule has 0 aliphatic rings. The molecule has 0 spiro atoms. The number of nitrogens with zero attached hydrogens (tertiary/aromatic N) is 1. The van der Waals surface area contributed by atoms with Crippen molar-refractivity contribution in [1.82, 2.24) is 5.01 Å². The first-order chi connectivity index (χ1) is 5.70. The summed E-state index contributed by atoms with van der Waals surface area (Å²) in [5, 5.41) is 1.74. The fourth-order valence-electron chi connectivity index (χ4n) is 1.10. The molecular formula is C10H16N2. The minimum atomic E-state index is 0.396. The van der Waals surface area contributed by atoms with Gasteiger partial charge in [-0.3, -0.25) is 5.84 Å². The first-order valence-electron chi connectivity index (χ1n) is 4.21. The van der Waals surface area contributed by atoms with Crippen LogP contribution in [0.5, 0.6) is 0 Å². The van der Waals surface area contributed by atoms with Crippen LogP contribution in [0.3, 0.4) is 0 Å². The van der Waals surface area contributed by atoms with E-state index < -0.39 is 0 Å². The number of hydrogen-bond acceptors (Lipinski definition) is 2. The third kappa shape index (κ3) is 2.64. The highest BCUT2D eigenvalue weighted by atomic mass is 15.4. The molecule has 0 radical (unpaired) electrons. The van der Waals surface area contributed by atoms with Crippen molar-refractivity contribution in [1.29, 1.82) is 0 Å². The highest BCUT2D eigenvalue weighted by Crippen LogP contribution is 2.04. The van der Waals surface area contributed by atoms with E-state index in [9.17, 15) is 0 Å². The summed E-state index contributed by atoms with van der Waals surface area (Å²) in [6.45, 7) is 2.12. The number of likely N-dealkylation sites (N-methyl/N-ethyl adjacent to an activating group) is 1. The molecule has 0 fully saturated rings. The Morgan fingerprint density at radius 1 is 1.33 bits per heavy atom. The summed E-state index contributed by atoms with van der Waals surface area (Å²) >= 11 is 0. The molecule has 1 rings (SSSR count). The van der Waals surface area contributed by atoms with Crippen molar-refractivity contribution in [3.63, 3.8) is 0 Å². The minimum Gasteiger partial charge on any atom is -0.269 e. The summed E-state index contributed by atoms with van der Waals surface area (Å²) in [6.07, 6.45) is 1.01. The van der Waals surface area contributed by atoms with Gasteiger partial charge in [0.05, 0.1) is 0 Å². The molecule has 12 heavy (non-hydrogen) atoms. The van der Waals surface area contributed by atoms with E-state index in [1.54, 1.807) is 5.01 Å². The number of nitrogens with two attached hydrogens (primary N) is 1. The minimum absolute atomic E-state index is 0.396. The highest BCUT2D eigenvalue weighted by Gasteiger charge is 2.04. The van der Waals surface area contributed by atoms with E-state index in [1.807, 2.05) is 13.1 Å². The van der Waals surface area contributed by atoms with Gasteiger partial charge in [0.1, 0.15) is 0 Å². The predicted molar refractivity (Wildman–Crippen MR) is 51.6 cm³/mol. The van der Waals surface area contributed by atoms with Crippen molar-refractivity contribution < 1.29 is 0 Å². The van der Waals surface area contributed by atoms with Crippen molar-refractivity contribution >= 4 is 0 Å². The highest BCUT2D eigenvalue weighted by molar-refractivity contribution is 5.15. The molecule has 1 unspecified atom stereocenters. The quantitative estimate of drug-likeness (QED) is 0.541. The second-order valence-corrected chi connectivity index (χ2v) is 3.20. The van der Waals surface area contributed by atoms with Crippen LogP contribution in [-0.2, 0) is 6.42 Å². The lowest BCUT2D eigenvalue weighted by Crippen LogP contribution is -2.36. The van der Waals surface area contributed by atoms with E-state index in [4.69, 9.17) is 5.84 Å². The van der Waals surface area contributed by atoms with Gasteiger partial charge in [0.2, 0.25) is 0 Å². The van der Waals surface area contributed by atoms with Crippen molar-refractivity contribution in [3.05, 3.63) is 35.9 Å². The van der Waals surface area contributed by atoms with Crippen LogP contribution >= 0.6 is 0 Å². The lowest BCUT2D eigenvalue weighted by molar-refractivity contribution is 0.264. The summed E-state index contributed by atoms with van der Waals surface area (Å²) in [4.78, 5) is 0. The molecular weight excluding hydrogens is 148 g/mol. The summed E-state index contributed by atoms with van der Waals surface area (Å²) in [5.41, 5.74) is 1.34. The zero-order valence-electron chi connectivity index (χ0n) is 7.70. The number of rotatable bonds is 3. The molecule has 2 N–H and O–H groups in total. The molecule has 0 aromatic heterocycles. The van der Waals surface area contributed by atoms with Gasteiger partial charge in [-0.2, -0.15) is 0 Å². The monoisotopic (exact) mass is 164 g/mol. The molecule has 2 heteroatoms. The van der Waals surface area contributed by atoms with E-state index in [2.05, 4.69) is 31.2 Å². The summed E-state index contributed by atoms with van der Waals surface area (Å²) < 4.78 is 0. The third-order valence-electron chi connectivity index (χ3n) is 2.07. The Bertz CT molecular complexity index is 219. The Morgan fingerprint density at radius 2 is 1.92 bits per heavy atom. The molecule has 2 nitrogen and oxygen atoms in total. The van der Waals surface area contributed by atoms with Gasteiger partial charge in [0.15, 0.2) is 0 Å². The molecule has 0 saturated carbocycles. The lowest BCUT2D eigenvalue weighted by atomic mass is 10.1.